The number of imide groups is 1. The number of hydrogen-bond acceptors (Lipinski definition) is 19. The maximum Gasteiger partial charge on any atom is 0.407 e. The van der Waals surface area contributed by atoms with Crippen LogP contribution in [0.15, 0.2) is 66.9 Å². The van der Waals surface area contributed by atoms with Gasteiger partial charge in [-0.05, 0) is 69.2 Å². The maximum atomic E-state index is 15.3. The molecule has 3 atom stereocenters. The van der Waals surface area contributed by atoms with Crippen molar-refractivity contribution >= 4 is 59.2 Å². The molecule has 2 aromatic carbocycles. The third-order valence-electron chi connectivity index (χ3n) is 14.0. The Balaban J connectivity index is 1.06. The van der Waals surface area contributed by atoms with Crippen LogP contribution in [0.2, 0.25) is 0 Å². The van der Waals surface area contributed by atoms with E-state index >= 15 is 4.39 Å². The summed E-state index contributed by atoms with van der Waals surface area (Å²) in [5.41, 5.74) is -0.301. The molecule has 4 rings (SSSR count). The third-order valence-corrected chi connectivity index (χ3v) is 15.0. The second-order valence-corrected chi connectivity index (χ2v) is 25.7. The molecule has 0 saturated carbocycles. The van der Waals surface area contributed by atoms with Crippen LogP contribution in [0.25, 0.3) is 11.3 Å². The van der Waals surface area contributed by atoms with Crippen LogP contribution >= 0.6 is 11.8 Å². The quantitative estimate of drug-likeness (QED) is 0.0360. The van der Waals surface area contributed by atoms with Crippen LogP contribution in [0, 0.1) is 23.0 Å². The Bertz CT molecular complexity index is 2880. The van der Waals surface area contributed by atoms with Crippen LogP contribution in [-0.4, -0.2) is 234 Å². The average molecular weight is 1370 g/mol. The zero-order valence-electron chi connectivity index (χ0n) is 57.1. The van der Waals surface area contributed by atoms with Crippen LogP contribution in [0.5, 0.6) is 0 Å². The van der Waals surface area contributed by atoms with Gasteiger partial charge in [0.25, 0.3) is 11.8 Å². The Kier molecular flexibility index (Phi) is 38.0. The maximum absolute atomic E-state index is 15.3. The highest BCUT2D eigenvalue weighted by atomic mass is 32.2. The molecule has 5 N–H and O–H groups in total. The molecule has 0 fully saturated rings. The number of nitrogens with one attached hydrogen (secondary N) is 5. The number of ether oxygens (including phenoxy) is 9. The fourth-order valence-electron chi connectivity index (χ4n) is 9.34. The Labute approximate surface area is 567 Å². The smallest absolute Gasteiger partial charge is 0.407 e. The van der Waals surface area contributed by atoms with Crippen molar-refractivity contribution in [2.45, 2.75) is 112 Å². The Morgan fingerprint density at radius 3 is 1.72 bits per heavy atom. The molecule has 8 amide bonds. The van der Waals surface area contributed by atoms with Crippen molar-refractivity contribution in [3.05, 3.63) is 89.9 Å². The summed E-state index contributed by atoms with van der Waals surface area (Å²) in [6.45, 7) is 22.9. The fourth-order valence-corrected chi connectivity index (χ4v) is 10.1. The number of aromatic nitrogens is 2. The minimum atomic E-state index is -0.958. The number of alkyl carbamates (subject to hydrolysis) is 1. The number of benzene rings is 2. The highest BCUT2D eigenvalue weighted by Gasteiger charge is 2.39. The van der Waals surface area contributed by atoms with Crippen molar-refractivity contribution in [3.8, 4) is 11.3 Å². The van der Waals surface area contributed by atoms with Gasteiger partial charge in [-0.1, -0.05) is 65.0 Å². The predicted molar refractivity (Wildman–Crippen MR) is 355 cm³/mol. The SMILES string of the molecule is CC(C)[C@H](NC(=O)CCOCCOCCOCCOCCOCCOCCOCCOCCNC(=O)CCN1C(=O)C=CC1=O)C(=O)N[C@@H](C)C(=O)NCCSCC(=O)N(CCCNC(=O)OC(C)(C)C)[C@@H](c1nc(-c2cc(F)ccc2F)cn1Cc1ccccc1)C(C)(C)C. The van der Waals surface area contributed by atoms with Gasteiger partial charge in [0.15, 0.2) is 0 Å². The predicted octanol–water partition coefficient (Wildman–Crippen LogP) is 5.16. The van der Waals surface area contributed by atoms with E-state index in [4.69, 9.17) is 47.6 Å². The van der Waals surface area contributed by atoms with E-state index in [1.165, 1.54) is 30.8 Å². The lowest BCUT2D eigenvalue weighted by Gasteiger charge is -2.40. The highest BCUT2D eigenvalue weighted by Crippen LogP contribution is 2.40. The Morgan fingerprint density at radius 2 is 1.18 bits per heavy atom. The van der Waals surface area contributed by atoms with Crippen LogP contribution in [0.3, 0.4) is 0 Å². The molecule has 1 aromatic heterocycles. The van der Waals surface area contributed by atoms with E-state index in [-0.39, 0.29) is 93.6 Å². The van der Waals surface area contributed by atoms with Gasteiger partial charge in [-0.15, -0.1) is 0 Å². The van der Waals surface area contributed by atoms with E-state index in [1.54, 1.807) is 45.7 Å². The van der Waals surface area contributed by atoms with Crippen molar-refractivity contribution < 1.29 is 89.8 Å². The van der Waals surface area contributed by atoms with Crippen molar-refractivity contribution in [1.82, 2.24) is 45.9 Å². The van der Waals surface area contributed by atoms with Gasteiger partial charge in [0.1, 0.15) is 35.1 Å². The molecule has 96 heavy (non-hydrogen) atoms. The minimum Gasteiger partial charge on any atom is -0.444 e. The summed E-state index contributed by atoms with van der Waals surface area (Å²) in [7, 11) is 0. The number of thioether (sulfide) groups is 1. The number of amides is 8. The normalized spacial score (nSPS) is 13.4. The third kappa shape index (κ3) is 32.9. The van der Waals surface area contributed by atoms with E-state index in [1.807, 2.05) is 55.7 Å². The molecule has 0 unspecified atom stereocenters. The van der Waals surface area contributed by atoms with Gasteiger partial charge in [0.05, 0.1) is 123 Å². The van der Waals surface area contributed by atoms with Crippen molar-refractivity contribution in [2.24, 2.45) is 11.3 Å². The zero-order chi connectivity index (χ0) is 70.3. The lowest BCUT2D eigenvalue weighted by atomic mass is 9.84. The molecule has 0 aliphatic carbocycles. The van der Waals surface area contributed by atoms with Gasteiger partial charge >= 0.3 is 6.09 Å². The lowest BCUT2D eigenvalue weighted by molar-refractivity contribution is -0.137. The van der Waals surface area contributed by atoms with Gasteiger partial charge in [-0.3, -0.25) is 38.5 Å². The molecule has 29 heteroatoms. The molecular weight excluding hydrogens is 1270 g/mol. The summed E-state index contributed by atoms with van der Waals surface area (Å²) in [6, 6.07) is 10.2. The molecule has 0 bridgehead atoms. The molecule has 0 saturated heterocycles. The van der Waals surface area contributed by atoms with Crippen LogP contribution in [0.1, 0.15) is 99.0 Å². The van der Waals surface area contributed by atoms with Gasteiger partial charge in [0, 0.05) is 81.8 Å². The number of carbonyl (C=O) groups excluding carboxylic acids is 8. The van der Waals surface area contributed by atoms with E-state index in [0.717, 1.165) is 28.7 Å². The topological polar surface area (TPSA) is 304 Å². The van der Waals surface area contributed by atoms with Gasteiger partial charge in [-0.25, -0.2) is 18.6 Å². The molecule has 1 aliphatic heterocycles. The summed E-state index contributed by atoms with van der Waals surface area (Å²) in [6.07, 6.45) is 3.78. The average Bonchev–Trinajstić information content (AvgIpc) is 1.58. The molecule has 1 aliphatic rings. The van der Waals surface area contributed by atoms with E-state index in [2.05, 4.69) is 26.6 Å². The first kappa shape index (κ1) is 81.5. The van der Waals surface area contributed by atoms with Gasteiger partial charge in [0.2, 0.25) is 29.5 Å². The van der Waals surface area contributed by atoms with Crippen molar-refractivity contribution in [3.63, 3.8) is 0 Å². The first-order valence-corrected chi connectivity index (χ1v) is 33.7. The number of rotatable bonds is 49. The molecule has 0 radical (unpaired) electrons. The standard InChI is InChI=1S/C67H101F2N9O17S/c1-48(2)60(75-56(80)21-27-87-29-31-89-33-35-91-37-39-93-41-42-94-40-38-92-36-34-90-32-30-88-28-23-70-55(79)20-26-77-57(81)18-19-58(77)82)64(85)73-49(3)63(84)71-24-43-96-47-59(83)78(25-13-22-72-65(86)95-67(7,8)9)61(66(4,5)6)62-74-54(52-44-51(68)16-17-53(52)69)46-76(62)45-50-14-11-10-12-15-50/h10-12,14-19,44,46,48-49,60-61H,13,20-43,45,47H2,1-9H3,(H,70,79)(H,71,84)(H,72,86)(H,73,85)(H,75,80)/t49-,60-,61-/m0/s1. The molecular formula is C67H101F2N9O17S. The Morgan fingerprint density at radius 1 is 0.625 bits per heavy atom. The van der Waals surface area contributed by atoms with E-state index < -0.39 is 76.4 Å². The lowest BCUT2D eigenvalue weighted by Crippen LogP contribution is -2.54. The summed E-state index contributed by atoms with van der Waals surface area (Å²) in [4.78, 5) is 109. The molecule has 0 spiro atoms. The van der Waals surface area contributed by atoms with E-state index in [0.29, 0.717) is 117 Å². The van der Waals surface area contributed by atoms with Crippen LogP contribution in [0.4, 0.5) is 13.6 Å². The molecule has 536 valence electrons. The number of hydrogen-bond donors (Lipinski definition) is 5. The summed E-state index contributed by atoms with van der Waals surface area (Å²) >= 11 is 1.29. The summed E-state index contributed by atoms with van der Waals surface area (Å²) < 4.78 is 81.2. The van der Waals surface area contributed by atoms with E-state index in [9.17, 15) is 42.7 Å². The molecule has 2 heterocycles. The monoisotopic (exact) mass is 1370 g/mol. The van der Waals surface area contributed by atoms with Crippen LogP contribution in [-0.2, 0) is 82.7 Å². The number of imidazole rings is 1. The molecule has 26 nitrogen and oxygen atoms in total. The minimum absolute atomic E-state index is 0.00533. The van der Waals surface area contributed by atoms with Gasteiger partial charge < -0.3 is 78.7 Å². The number of halogens is 2. The fraction of sp³-hybridized carbons (Fsp3) is 0.627. The van der Waals surface area contributed by atoms with Crippen LogP contribution < -0.4 is 26.6 Å². The first-order chi connectivity index (χ1) is 45.8. The summed E-state index contributed by atoms with van der Waals surface area (Å²) in [5.74, 6) is -3.60. The second-order valence-electron chi connectivity index (χ2n) is 24.6. The zero-order valence-corrected chi connectivity index (χ0v) is 58.0. The van der Waals surface area contributed by atoms with Gasteiger partial charge in [-0.2, -0.15) is 11.8 Å². The van der Waals surface area contributed by atoms with Crippen molar-refractivity contribution in [1.29, 1.82) is 0 Å². The first-order valence-electron chi connectivity index (χ1n) is 32.5. The summed E-state index contributed by atoms with van der Waals surface area (Å²) in [5, 5.41) is 13.7. The highest BCUT2D eigenvalue weighted by molar-refractivity contribution is 7.99. The Hall–Kier alpha value is -6.96. The number of nitrogens with zero attached hydrogens (tertiary/aromatic N) is 4. The molecule has 3 aromatic rings. The van der Waals surface area contributed by atoms with Crippen molar-refractivity contribution in [2.75, 3.05) is 150 Å². The second kappa shape index (κ2) is 44.8. The number of carbonyl (C=O) groups is 8. The largest absolute Gasteiger partial charge is 0.444 e.